The van der Waals surface area contributed by atoms with Crippen LogP contribution in [0.2, 0.25) is 5.02 Å². The first kappa shape index (κ1) is 11.3. The van der Waals surface area contributed by atoms with Gasteiger partial charge in [0.1, 0.15) is 5.75 Å². The van der Waals surface area contributed by atoms with E-state index in [1.54, 1.807) is 0 Å². The van der Waals surface area contributed by atoms with Gasteiger partial charge in [0.2, 0.25) is 0 Å². The monoisotopic (exact) mass is 288 g/mol. The molecule has 1 aliphatic rings. The first-order valence-electron chi connectivity index (χ1n) is 5.33. The van der Waals surface area contributed by atoms with Gasteiger partial charge >= 0.3 is 0 Å². The lowest BCUT2D eigenvalue weighted by Gasteiger charge is -2.11. The fourth-order valence-corrected chi connectivity index (χ4v) is 2.83. The zero-order chi connectivity index (χ0) is 10.7. The first-order valence-corrected chi connectivity index (χ1v) is 6.50. The molecule has 0 aliphatic heterocycles. The highest BCUT2D eigenvalue weighted by Crippen LogP contribution is 2.28. The Balaban J connectivity index is 1.92. The normalized spacial score (nSPS) is 16.9. The summed E-state index contributed by atoms with van der Waals surface area (Å²) in [5, 5.41) is 0.714. The Morgan fingerprint density at radius 1 is 1.27 bits per heavy atom. The van der Waals surface area contributed by atoms with Crippen molar-refractivity contribution in [3.63, 3.8) is 0 Å². The Hall–Kier alpha value is -0.210. The molecule has 1 aliphatic carbocycles. The average molecular weight is 290 g/mol. The van der Waals surface area contributed by atoms with Crippen molar-refractivity contribution in [1.82, 2.24) is 0 Å². The molecular weight excluding hydrogens is 275 g/mol. The summed E-state index contributed by atoms with van der Waals surface area (Å²) in [6.45, 7) is 0.826. The summed E-state index contributed by atoms with van der Waals surface area (Å²) in [7, 11) is 0. The van der Waals surface area contributed by atoms with E-state index in [0.717, 1.165) is 22.7 Å². The van der Waals surface area contributed by atoms with Crippen LogP contribution in [-0.2, 0) is 0 Å². The molecule has 0 spiro atoms. The van der Waals surface area contributed by atoms with Crippen molar-refractivity contribution in [3.05, 3.63) is 27.7 Å². The number of ether oxygens (including phenoxy) is 1. The van der Waals surface area contributed by atoms with Crippen LogP contribution in [-0.4, -0.2) is 6.61 Å². The summed E-state index contributed by atoms with van der Waals surface area (Å²) in [5.74, 6) is 1.60. The molecule has 0 bridgehead atoms. The van der Waals surface area contributed by atoms with E-state index in [-0.39, 0.29) is 0 Å². The lowest BCUT2D eigenvalue weighted by molar-refractivity contribution is 0.252. The Morgan fingerprint density at radius 2 is 2.00 bits per heavy atom. The molecule has 1 nitrogen and oxygen atoms in total. The largest absolute Gasteiger partial charge is 0.493 e. The summed E-state index contributed by atoms with van der Waals surface area (Å²) < 4.78 is 6.71. The van der Waals surface area contributed by atoms with Gasteiger partial charge in [0.15, 0.2) is 0 Å². The van der Waals surface area contributed by atoms with Crippen LogP contribution in [0, 0.1) is 5.92 Å². The van der Waals surface area contributed by atoms with E-state index in [9.17, 15) is 0 Å². The third kappa shape index (κ3) is 3.39. The van der Waals surface area contributed by atoms with Crippen molar-refractivity contribution < 1.29 is 4.74 Å². The van der Waals surface area contributed by atoms with Crippen LogP contribution in [0.5, 0.6) is 5.75 Å². The van der Waals surface area contributed by atoms with E-state index in [2.05, 4.69) is 15.9 Å². The summed E-state index contributed by atoms with van der Waals surface area (Å²) >= 11 is 9.34. The van der Waals surface area contributed by atoms with Crippen molar-refractivity contribution in [2.75, 3.05) is 6.61 Å². The van der Waals surface area contributed by atoms with E-state index in [1.807, 2.05) is 18.2 Å². The number of benzene rings is 1. The lowest BCUT2D eigenvalue weighted by atomic mass is 10.1. The number of rotatable bonds is 3. The molecule has 1 fully saturated rings. The van der Waals surface area contributed by atoms with Gasteiger partial charge in [-0.2, -0.15) is 0 Å². The first-order chi connectivity index (χ1) is 7.24. The van der Waals surface area contributed by atoms with Crippen LogP contribution >= 0.6 is 27.5 Å². The number of halogens is 2. The minimum atomic E-state index is 0.714. The van der Waals surface area contributed by atoms with Gasteiger partial charge in [0, 0.05) is 9.50 Å². The standard InChI is InChI=1S/C12H14BrClO/c13-10-5-11(14)7-12(6-10)15-8-9-3-1-2-4-9/h5-7,9H,1-4,8H2. The summed E-state index contributed by atoms with van der Waals surface area (Å²) in [6.07, 6.45) is 5.32. The molecule has 15 heavy (non-hydrogen) atoms. The molecule has 0 atom stereocenters. The molecular formula is C12H14BrClO. The highest BCUT2D eigenvalue weighted by Gasteiger charge is 2.15. The highest BCUT2D eigenvalue weighted by molar-refractivity contribution is 9.10. The molecule has 3 heteroatoms. The van der Waals surface area contributed by atoms with Gasteiger partial charge in [0.05, 0.1) is 6.61 Å². The Morgan fingerprint density at radius 3 is 2.67 bits per heavy atom. The molecule has 1 aromatic rings. The minimum Gasteiger partial charge on any atom is -0.493 e. The molecule has 0 unspecified atom stereocenters. The van der Waals surface area contributed by atoms with Crippen LogP contribution in [0.4, 0.5) is 0 Å². The molecule has 0 saturated heterocycles. The van der Waals surface area contributed by atoms with Gasteiger partial charge in [-0.3, -0.25) is 0 Å². The SMILES string of the molecule is Clc1cc(Br)cc(OCC2CCCC2)c1. The van der Waals surface area contributed by atoms with Crippen LogP contribution in [0.3, 0.4) is 0 Å². The quantitative estimate of drug-likeness (QED) is 0.785. The van der Waals surface area contributed by atoms with Gasteiger partial charge in [-0.05, 0) is 37.0 Å². The molecule has 0 N–H and O–H groups in total. The molecule has 0 radical (unpaired) electrons. The molecule has 82 valence electrons. The van der Waals surface area contributed by atoms with Crippen LogP contribution < -0.4 is 4.74 Å². The smallest absolute Gasteiger partial charge is 0.121 e. The summed E-state index contributed by atoms with van der Waals surface area (Å²) in [4.78, 5) is 0. The van der Waals surface area contributed by atoms with Crippen molar-refractivity contribution in [3.8, 4) is 5.75 Å². The maximum atomic E-state index is 5.94. The predicted octanol–water partition coefficient (Wildman–Crippen LogP) is 4.67. The predicted molar refractivity (Wildman–Crippen MR) is 66.6 cm³/mol. The minimum absolute atomic E-state index is 0.714. The van der Waals surface area contributed by atoms with Gasteiger partial charge in [-0.15, -0.1) is 0 Å². The Kier molecular flexibility index (Phi) is 3.92. The molecule has 0 aromatic heterocycles. The maximum absolute atomic E-state index is 5.94. The van der Waals surface area contributed by atoms with Crippen LogP contribution in [0.1, 0.15) is 25.7 Å². The Labute approximate surface area is 104 Å². The maximum Gasteiger partial charge on any atom is 0.121 e. The van der Waals surface area contributed by atoms with Crippen LogP contribution in [0.15, 0.2) is 22.7 Å². The van der Waals surface area contributed by atoms with E-state index in [1.165, 1.54) is 25.7 Å². The van der Waals surface area contributed by atoms with Crippen LogP contribution in [0.25, 0.3) is 0 Å². The topological polar surface area (TPSA) is 9.23 Å². The highest BCUT2D eigenvalue weighted by atomic mass is 79.9. The van der Waals surface area contributed by atoms with E-state index >= 15 is 0 Å². The van der Waals surface area contributed by atoms with E-state index in [0.29, 0.717) is 5.02 Å². The molecule has 2 rings (SSSR count). The number of hydrogen-bond donors (Lipinski definition) is 0. The molecule has 0 heterocycles. The molecule has 0 amide bonds. The Bertz CT molecular complexity index is 314. The van der Waals surface area contributed by atoms with Crippen molar-refractivity contribution >= 4 is 27.5 Å². The lowest BCUT2D eigenvalue weighted by Crippen LogP contribution is -2.07. The van der Waals surface area contributed by atoms with Gasteiger partial charge < -0.3 is 4.74 Å². The van der Waals surface area contributed by atoms with Crippen molar-refractivity contribution in [1.29, 1.82) is 0 Å². The third-order valence-corrected chi connectivity index (χ3v) is 3.47. The number of hydrogen-bond acceptors (Lipinski definition) is 1. The second-order valence-corrected chi connectivity index (χ2v) is 5.42. The van der Waals surface area contributed by atoms with Crippen molar-refractivity contribution in [2.45, 2.75) is 25.7 Å². The third-order valence-electron chi connectivity index (χ3n) is 2.80. The second kappa shape index (κ2) is 5.22. The second-order valence-electron chi connectivity index (χ2n) is 4.07. The zero-order valence-electron chi connectivity index (χ0n) is 8.51. The zero-order valence-corrected chi connectivity index (χ0v) is 10.9. The molecule has 1 aromatic carbocycles. The van der Waals surface area contributed by atoms with Gasteiger partial charge in [0.25, 0.3) is 0 Å². The summed E-state index contributed by atoms with van der Waals surface area (Å²) in [5.41, 5.74) is 0. The fourth-order valence-electron chi connectivity index (χ4n) is 2.00. The fraction of sp³-hybridized carbons (Fsp3) is 0.500. The van der Waals surface area contributed by atoms with Gasteiger partial charge in [-0.1, -0.05) is 40.4 Å². The molecule has 1 saturated carbocycles. The van der Waals surface area contributed by atoms with Gasteiger partial charge in [-0.25, -0.2) is 0 Å². The average Bonchev–Trinajstić information content (AvgIpc) is 2.65. The van der Waals surface area contributed by atoms with E-state index in [4.69, 9.17) is 16.3 Å². The van der Waals surface area contributed by atoms with E-state index < -0.39 is 0 Å². The summed E-state index contributed by atoms with van der Waals surface area (Å²) in [6, 6.07) is 5.69. The van der Waals surface area contributed by atoms with Crippen molar-refractivity contribution in [2.24, 2.45) is 5.92 Å².